The molecule has 1 aliphatic heterocycles. The number of aliphatic hydroxyl groups is 3. The van der Waals surface area contributed by atoms with Crippen LogP contribution in [0.4, 0.5) is 0 Å². The van der Waals surface area contributed by atoms with Gasteiger partial charge in [-0.3, -0.25) is 4.79 Å². The Labute approximate surface area is 220 Å². The van der Waals surface area contributed by atoms with Crippen LogP contribution in [-0.2, 0) is 9.53 Å². The Hall–Kier alpha value is -3.93. The van der Waals surface area contributed by atoms with Crippen LogP contribution in [0.2, 0.25) is 5.02 Å². The first-order valence-electron chi connectivity index (χ1n) is 11.5. The fourth-order valence-electron chi connectivity index (χ4n) is 4.23. The molecule has 1 aliphatic rings. The fraction of sp³-hybridized carbons (Fsp3) is 0.185. The SMILES string of the molecule is O=C(O)C1O[C@@H](Oc2c(-c3cccc(Oc4ccccc4)c3)c(=O)[nH]c3cc(Cl)ccc23)[C@H](O)[C@@H](O)[C@@H]1O. The van der Waals surface area contributed by atoms with Crippen LogP contribution in [0.25, 0.3) is 22.0 Å². The van der Waals surface area contributed by atoms with Gasteiger partial charge in [0, 0.05) is 10.4 Å². The van der Waals surface area contributed by atoms with E-state index < -0.39 is 42.2 Å². The standard InChI is InChI=1S/C27H22ClNO9/c28-14-9-10-17-18(12-14)29-25(33)19(13-5-4-8-16(11-13)36-15-6-2-1-3-7-15)23(17)37-27-22(32)20(30)21(31)24(38-27)26(34)35/h1-12,20-22,24,27,30-32H,(H,29,33)(H,34,35)/t20-,21-,22+,24?,27+/m0/s1. The Kier molecular flexibility index (Phi) is 7.06. The van der Waals surface area contributed by atoms with E-state index in [9.17, 15) is 30.0 Å². The van der Waals surface area contributed by atoms with Crippen LogP contribution in [0.15, 0.2) is 77.6 Å². The number of aliphatic hydroxyl groups excluding tert-OH is 3. The lowest BCUT2D eigenvalue weighted by molar-refractivity contribution is -0.270. The van der Waals surface area contributed by atoms with Gasteiger partial charge in [-0.1, -0.05) is 41.9 Å². The Morgan fingerprint density at radius 3 is 2.37 bits per heavy atom. The van der Waals surface area contributed by atoms with E-state index in [-0.39, 0.29) is 11.3 Å². The largest absolute Gasteiger partial charge is 0.479 e. The number of carbonyl (C=O) groups is 1. The molecule has 0 aliphatic carbocycles. The van der Waals surface area contributed by atoms with E-state index >= 15 is 0 Å². The number of fused-ring (bicyclic) bond motifs is 1. The summed E-state index contributed by atoms with van der Waals surface area (Å²) >= 11 is 6.11. The number of benzene rings is 3. The van der Waals surface area contributed by atoms with E-state index in [0.717, 1.165) is 0 Å². The van der Waals surface area contributed by atoms with Gasteiger partial charge in [-0.25, -0.2) is 4.79 Å². The topological polar surface area (TPSA) is 159 Å². The molecule has 2 heterocycles. The molecule has 0 spiro atoms. The molecule has 5 rings (SSSR count). The van der Waals surface area contributed by atoms with Crippen molar-refractivity contribution in [3.63, 3.8) is 0 Å². The number of H-pyrrole nitrogens is 1. The van der Waals surface area contributed by atoms with Crippen LogP contribution in [0.5, 0.6) is 17.2 Å². The van der Waals surface area contributed by atoms with Gasteiger partial charge >= 0.3 is 5.97 Å². The second-order valence-corrected chi connectivity index (χ2v) is 9.08. The predicted octanol–water partition coefficient (Wildman–Crippen LogP) is 2.91. The molecule has 0 saturated carbocycles. The number of rotatable bonds is 6. The van der Waals surface area contributed by atoms with Crippen LogP contribution >= 0.6 is 11.6 Å². The van der Waals surface area contributed by atoms with Crippen molar-refractivity contribution in [1.29, 1.82) is 0 Å². The number of hydrogen-bond donors (Lipinski definition) is 5. The molecule has 0 amide bonds. The van der Waals surface area contributed by atoms with Crippen LogP contribution in [0.1, 0.15) is 0 Å². The number of hydrogen-bond acceptors (Lipinski definition) is 8. The monoisotopic (exact) mass is 539 g/mol. The highest BCUT2D eigenvalue weighted by Gasteiger charge is 2.48. The third-order valence-electron chi connectivity index (χ3n) is 6.08. The molecule has 196 valence electrons. The van der Waals surface area contributed by atoms with Gasteiger partial charge in [-0.2, -0.15) is 0 Å². The van der Waals surface area contributed by atoms with E-state index in [2.05, 4.69) is 4.98 Å². The molecule has 1 saturated heterocycles. The first-order valence-corrected chi connectivity index (χ1v) is 11.9. The molecule has 4 aromatic rings. The molecule has 1 unspecified atom stereocenters. The molecule has 0 bridgehead atoms. The number of aromatic nitrogens is 1. The van der Waals surface area contributed by atoms with Gasteiger partial charge in [0.2, 0.25) is 6.29 Å². The molecular weight excluding hydrogens is 518 g/mol. The van der Waals surface area contributed by atoms with Crippen molar-refractivity contribution >= 4 is 28.5 Å². The average Bonchev–Trinajstić information content (AvgIpc) is 2.89. The van der Waals surface area contributed by atoms with E-state index in [4.69, 9.17) is 25.8 Å². The number of carboxylic acid groups (broad SMARTS) is 1. The second kappa shape index (κ2) is 10.4. The normalized spacial score (nSPS) is 23.2. The van der Waals surface area contributed by atoms with Crippen LogP contribution in [-0.4, -0.2) is 62.1 Å². The van der Waals surface area contributed by atoms with Gasteiger partial charge in [0.1, 0.15) is 35.6 Å². The van der Waals surface area contributed by atoms with Crippen molar-refractivity contribution in [2.75, 3.05) is 0 Å². The Bertz CT molecular complexity index is 1540. The number of aromatic amines is 1. The lowest BCUT2D eigenvalue weighted by Gasteiger charge is -2.38. The minimum atomic E-state index is -1.90. The summed E-state index contributed by atoms with van der Waals surface area (Å²) in [6.45, 7) is 0. The van der Waals surface area contributed by atoms with Crippen molar-refractivity contribution in [1.82, 2.24) is 4.98 Å². The van der Waals surface area contributed by atoms with Gasteiger partial charge in [0.05, 0.1) is 11.1 Å². The summed E-state index contributed by atoms with van der Waals surface area (Å²) in [6.07, 6.45) is -9.24. The van der Waals surface area contributed by atoms with Crippen molar-refractivity contribution in [3.8, 4) is 28.4 Å². The van der Waals surface area contributed by atoms with Gasteiger partial charge in [-0.15, -0.1) is 0 Å². The van der Waals surface area contributed by atoms with E-state index in [1.807, 2.05) is 18.2 Å². The number of carboxylic acids is 1. The summed E-state index contributed by atoms with van der Waals surface area (Å²) in [7, 11) is 0. The van der Waals surface area contributed by atoms with Crippen LogP contribution in [0.3, 0.4) is 0 Å². The first-order chi connectivity index (χ1) is 18.2. The highest BCUT2D eigenvalue weighted by atomic mass is 35.5. The lowest BCUT2D eigenvalue weighted by Crippen LogP contribution is -2.61. The minimum absolute atomic E-state index is 0.0293. The molecule has 1 fully saturated rings. The molecule has 11 heteroatoms. The maximum absolute atomic E-state index is 13.3. The Morgan fingerprint density at radius 1 is 0.895 bits per heavy atom. The summed E-state index contributed by atoms with van der Waals surface area (Å²) in [6, 6.07) is 20.3. The molecule has 10 nitrogen and oxygen atoms in total. The van der Waals surface area contributed by atoms with E-state index in [0.29, 0.717) is 33.0 Å². The molecule has 38 heavy (non-hydrogen) atoms. The zero-order valence-corrected chi connectivity index (χ0v) is 20.3. The van der Waals surface area contributed by atoms with Gasteiger partial charge in [0.25, 0.3) is 5.56 Å². The quantitative estimate of drug-likeness (QED) is 0.248. The zero-order chi connectivity index (χ0) is 27.0. The third-order valence-corrected chi connectivity index (χ3v) is 6.31. The van der Waals surface area contributed by atoms with Crippen molar-refractivity contribution < 1.29 is 39.4 Å². The minimum Gasteiger partial charge on any atom is -0.479 e. The van der Waals surface area contributed by atoms with Gasteiger partial charge in [-0.05, 0) is 48.0 Å². The zero-order valence-electron chi connectivity index (χ0n) is 19.5. The molecule has 0 radical (unpaired) electrons. The molecule has 5 N–H and O–H groups in total. The molecule has 5 atom stereocenters. The third kappa shape index (κ3) is 4.95. The maximum Gasteiger partial charge on any atom is 0.335 e. The number of nitrogens with one attached hydrogen (secondary N) is 1. The molecule has 3 aromatic carbocycles. The van der Waals surface area contributed by atoms with Crippen LogP contribution < -0.4 is 15.0 Å². The smallest absolute Gasteiger partial charge is 0.335 e. The molecular formula is C27H22ClNO9. The number of pyridine rings is 1. The van der Waals surface area contributed by atoms with Crippen molar-refractivity contribution in [3.05, 3.63) is 88.2 Å². The van der Waals surface area contributed by atoms with E-state index in [1.165, 1.54) is 6.07 Å². The average molecular weight is 540 g/mol. The highest BCUT2D eigenvalue weighted by Crippen LogP contribution is 2.38. The Balaban J connectivity index is 1.62. The van der Waals surface area contributed by atoms with E-state index in [1.54, 1.807) is 48.5 Å². The summed E-state index contributed by atoms with van der Waals surface area (Å²) < 4.78 is 17.1. The summed E-state index contributed by atoms with van der Waals surface area (Å²) in [5.74, 6) is -0.623. The predicted molar refractivity (Wildman–Crippen MR) is 136 cm³/mol. The second-order valence-electron chi connectivity index (χ2n) is 8.64. The van der Waals surface area contributed by atoms with Crippen LogP contribution in [0, 0.1) is 0 Å². The lowest BCUT2D eigenvalue weighted by atomic mass is 9.98. The Morgan fingerprint density at radius 2 is 1.63 bits per heavy atom. The van der Waals surface area contributed by atoms with Gasteiger partial charge in [0.15, 0.2) is 6.10 Å². The number of ether oxygens (including phenoxy) is 3. The molecule has 1 aromatic heterocycles. The van der Waals surface area contributed by atoms with Crippen molar-refractivity contribution in [2.45, 2.75) is 30.7 Å². The van der Waals surface area contributed by atoms with Gasteiger partial charge < -0.3 is 39.6 Å². The number of para-hydroxylation sites is 1. The highest BCUT2D eigenvalue weighted by molar-refractivity contribution is 6.31. The van der Waals surface area contributed by atoms with Crippen molar-refractivity contribution in [2.24, 2.45) is 0 Å². The summed E-state index contributed by atoms with van der Waals surface area (Å²) in [5, 5.41) is 40.9. The summed E-state index contributed by atoms with van der Waals surface area (Å²) in [5.41, 5.74) is 0.139. The number of halogens is 1. The first kappa shape index (κ1) is 25.7. The fourth-order valence-corrected chi connectivity index (χ4v) is 4.40. The summed E-state index contributed by atoms with van der Waals surface area (Å²) in [4.78, 5) is 27.7. The maximum atomic E-state index is 13.3. The number of aliphatic carboxylic acids is 1.